The van der Waals surface area contributed by atoms with Crippen LogP contribution in [0.5, 0.6) is 0 Å². The topological polar surface area (TPSA) is 61.4 Å². The highest BCUT2D eigenvalue weighted by Crippen LogP contribution is 2.39. The number of nitrogens with zero attached hydrogens (tertiary/aromatic N) is 4. The van der Waals surface area contributed by atoms with Gasteiger partial charge in [-0.25, -0.2) is 8.97 Å². The highest BCUT2D eigenvalue weighted by atomic mass is 32.2. The van der Waals surface area contributed by atoms with Gasteiger partial charge in [-0.2, -0.15) is 0 Å². The summed E-state index contributed by atoms with van der Waals surface area (Å²) in [6.07, 6.45) is 2.54. The molecule has 0 spiro atoms. The molecule has 0 fully saturated rings. The summed E-state index contributed by atoms with van der Waals surface area (Å²) in [6.45, 7) is 8.46. The summed E-state index contributed by atoms with van der Waals surface area (Å²) in [7, 11) is 0. The summed E-state index contributed by atoms with van der Waals surface area (Å²) < 4.78 is 9.68. The first kappa shape index (κ1) is 18.6. The number of hydrogen-bond donors (Lipinski definition) is 0. The average Bonchev–Trinajstić information content (AvgIpc) is 3.28. The highest BCUT2D eigenvalue weighted by Gasteiger charge is 2.32. The Balaban J connectivity index is 1.91. The second kappa shape index (κ2) is 6.83. The molecule has 4 aromatic rings. The zero-order valence-electron chi connectivity index (χ0n) is 16.2. The van der Waals surface area contributed by atoms with Crippen molar-refractivity contribution in [1.29, 1.82) is 0 Å². The van der Waals surface area contributed by atoms with E-state index >= 15 is 0 Å². The predicted octanol–water partition coefficient (Wildman–Crippen LogP) is 4.22. The Hall–Kier alpha value is -2.42. The van der Waals surface area contributed by atoms with E-state index in [0.717, 1.165) is 31.5 Å². The van der Waals surface area contributed by atoms with Crippen LogP contribution >= 0.6 is 23.1 Å². The molecule has 0 radical (unpaired) electrons. The number of aromatic nitrogens is 4. The Labute approximate surface area is 175 Å². The van der Waals surface area contributed by atoms with Crippen LogP contribution in [0, 0.1) is 0 Å². The van der Waals surface area contributed by atoms with Crippen molar-refractivity contribution >= 4 is 39.1 Å². The van der Waals surface area contributed by atoms with Crippen LogP contribution in [0.1, 0.15) is 24.3 Å². The lowest BCUT2D eigenvalue weighted by Gasteiger charge is -2.29. The zero-order chi connectivity index (χ0) is 20.2. The number of thiophene rings is 1. The Morgan fingerprint density at radius 2 is 2.10 bits per heavy atom. The molecule has 1 aliphatic heterocycles. The van der Waals surface area contributed by atoms with Crippen molar-refractivity contribution in [2.75, 3.05) is 5.75 Å². The molecule has 8 heteroatoms. The van der Waals surface area contributed by atoms with Gasteiger partial charge in [0.05, 0.1) is 23.3 Å². The molecule has 0 bridgehead atoms. The van der Waals surface area contributed by atoms with Gasteiger partial charge in [0, 0.05) is 17.1 Å². The van der Waals surface area contributed by atoms with E-state index in [9.17, 15) is 4.79 Å². The third-order valence-corrected chi connectivity index (χ3v) is 7.17. The van der Waals surface area contributed by atoms with Crippen LogP contribution in [0.3, 0.4) is 0 Å². The fourth-order valence-corrected chi connectivity index (χ4v) is 5.69. The molecule has 5 rings (SSSR count). The van der Waals surface area contributed by atoms with Crippen molar-refractivity contribution in [3.8, 4) is 5.69 Å². The van der Waals surface area contributed by atoms with Crippen LogP contribution in [0.15, 0.2) is 52.9 Å². The number of ether oxygens (including phenoxy) is 1. The maximum atomic E-state index is 13.7. The van der Waals surface area contributed by atoms with Crippen molar-refractivity contribution in [3.63, 3.8) is 0 Å². The summed E-state index contributed by atoms with van der Waals surface area (Å²) >= 11 is 3.16. The lowest BCUT2D eigenvalue weighted by atomic mass is 9.94. The fourth-order valence-electron chi connectivity index (χ4n) is 3.74. The number of benzene rings is 1. The number of para-hydroxylation sites is 1. The molecule has 0 saturated heterocycles. The summed E-state index contributed by atoms with van der Waals surface area (Å²) in [6, 6.07) is 9.62. The van der Waals surface area contributed by atoms with Crippen molar-refractivity contribution in [1.82, 2.24) is 19.2 Å². The monoisotopic (exact) mass is 424 g/mol. The summed E-state index contributed by atoms with van der Waals surface area (Å²) in [5.74, 6) is 1.24. The van der Waals surface area contributed by atoms with Crippen LogP contribution in [-0.2, 0) is 17.8 Å². The number of fused-ring (bicyclic) bond motifs is 5. The van der Waals surface area contributed by atoms with Gasteiger partial charge in [0.25, 0.3) is 5.56 Å². The minimum Gasteiger partial charge on any atom is -0.370 e. The van der Waals surface area contributed by atoms with Gasteiger partial charge in [0.1, 0.15) is 4.83 Å². The molecule has 3 aromatic heterocycles. The summed E-state index contributed by atoms with van der Waals surface area (Å²) in [4.78, 5) is 15.7. The number of rotatable bonds is 4. The van der Waals surface area contributed by atoms with E-state index in [4.69, 9.17) is 4.74 Å². The lowest BCUT2D eigenvalue weighted by Crippen LogP contribution is -2.32. The summed E-state index contributed by atoms with van der Waals surface area (Å²) in [5, 5.41) is 10.3. The molecular formula is C21H20N4O2S2. The maximum Gasteiger partial charge on any atom is 0.268 e. The van der Waals surface area contributed by atoms with E-state index in [-0.39, 0.29) is 11.2 Å². The largest absolute Gasteiger partial charge is 0.370 e. The fraction of sp³-hybridized carbons (Fsp3) is 0.286. The second-order valence-electron chi connectivity index (χ2n) is 7.60. The minimum atomic E-state index is -0.298. The summed E-state index contributed by atoms with van der Waals surface area (Å²) in [5.41, 5.74) is 1.52. The van der Waals surface area contributed by atoms with Crippen molar-refractivity contribution in [2.45, 2.75) is 37.6 Å². The van der Waals surface area contributed by atoms with Crippen molar-refractivity contribution < 1.29 is 4.74 Å². The van der Waals surface area contributed by atoms with Gasteiger partial charge in [-0.3, -0.25) is 4.79 Å². The van der Waals surface area contributed by atoms with E-state index in [2.05, 4.69) is 30.6 Å². The molecule has 0 saturated carbocycles. The van der Waals surface area contributed by atoms with Gasteiger partial charge in [-0.15, -0.1) is 28.1 Å². The van der Waals surface area contributed by atoms with Gasteiger partial charge in [0.15, 0.2) is 5.16 Å². The van der Waals surface area contributed by atoms with Gasteiger partial charge < -0.3 is 4.74 Å². The van der Waals surface area contributed by atoms with Gasteiger partial charge in [-0.05, 0) is 31.5 Å². The molecule has 0 unspecified atom stereocenters. The number of thioether (sulfide) groups is 1. The van der Waals surface area contributed by atoms with Gasteiger partial charge in [-0.1, -0.05) is 36.0 Å². The van der Waals surface area contributed by atoms with Crippen LogP contribution in [0.2, 0.25) is 0 Å². The molecule has 0 amide bonds. The smallest absolute Gasteiger partial charge is 0.268 e. The molecule has 4 heterocycles. The highest BCUT2D eigenvalue weighted by molar-refractivity contribution is 7.99. The first-order chi connectivity index (χ1) is 14.0. The van der Waals surface area contributed by atoms with Crippen molar-refractivity contribution in [2.24, 2.45) is 0 Å². The molecule has 0 aliphatic carbocycles. The van der Waals surface area contributed by atoms with E-state index in [0.29, 0.717) is 24.6 Å². The van der Waals surface area contributed by atoms with E-state index in [1.165, 1.54) is 0 Å². The van der Waals surface area contributed by atoms with Crippen LogP contribution in [0.25, 0.3) is 21.7 Å². The molecule has 0 atom stereocenters. The molecule has 0 N–H and O–H groups in total. The zero-order valence-corrected chi connectivity index (χ0v) is 17.8. The van der Waals surface area contributed by atoms with E-state index in [1.54, 1.807) is 27.7 Å². The van der Waals surface area contributed by atoms with E-state index < -0.39 is 0 Å². The van der Waals surface area contributed by atoms with Gasteiger partial charge >= 0.3 is 0 Å². The Bertz CT molecular complexity index is 1300. The SMILES string of the molecule is C=CCSc1nnc2n(-c3ccccc3)c(=O)c3c4c(sc3n12)COC(C)(C)C4. The van der Waals surface area contributed by atoms with Crippen LogP contribution < -0.4 is 5.56 Å². The standard InChI is InChI=1S/C21H20N4O2S2/c1-4-10-28-20-23-22-19-24(13-8-6-5-7-9-13)17(26)16-14-11-21(2,3)27-12-15(14)29-18(16)25(19)20/h4-9H,1,10-12H2,2-3H3. The van der Waals surface area contributed by atoms with Crippen LogP contribution in [-0.4, -0.2) is 30.5 Å². The Morgan fingerprint density at radius 3 is 2.86 bits per heavy atom. The van der Waals surface area contributed by atoms with Crippen LogP contribution in [0.4, 0.5) is 0 Å². The predicted molar refractivity (Wildman–Crippen MR) is 117 cm³/mol. The third kappa shape index (κ3) is 2.94. The molecule has 29 heavy (non-hydrogen) atoms. The van der Waals surface area contributed by atoms with E-state index in [1.807, 2.05) is 40.8 Å². The average molecular weight is 425 g/mol. The quantitative estimate of drug-likeness (QED) is 0.363. The first-order valence-electron chi connectivity index (χ1n) is 9.37. The normalized spacial score (nSPS) is 15.7. The first-order valence-corrected chi connectivity index (χ1v) is 11.2. The van der Waals surface area contributed by atoms with Crippen molar-refractivity contribution in [3.05, 3.63) is 63.8 Å². The lowest BCUT2D eigenvalue weighted by molar-refractivity contribution is -0.0379. The Kier molecular flexibility index (Phi) is 4.38. The van der Waals surface area contributed by atoms with Gasteiger partial charge in [0.2, 0.25) is 5.78 Å². The Morgan fingerprint density at radius 1 is 1.31 bits per heavy atom. The second-order valence-corrected chi connectivity index (χ2v) is 9.67. The molecule has 148 valence electrons. The molecule has 1 aliphatic rings. The molecule has 1 aromatic carbocycles. The number of hydrogen-bond acceptors (Lipinski definition) is 6. The molecular weight excluding hydrogens is 404 g/mol. The minimum absolute atomic E-state index is 0.0541. The maximum absolute atomic E-state index is 13.7. The molecule has 6 nitrogen and oxygen atoms in total. The third-order valence-electron chi connectivity index (χ3n) is 5.05.